The second-order valence-corrected chi connectivity index (χ2v) is 5.07. The van der Waals surface area contributed by atoms with Gasteiger partial charge < -0.3 is 5.11 Å². The first-order chi connectivity index (χ1) is 8.59. The van der Waals surface area contributed by atoms with E-state index < -0.39 is 11.9 Å². The number of aliphatic carboxylic acids is 1. The van der Waals surface area contributed by atoms with E-state index in [1.54, 1.807) is 6.07 Å². The first kappa shape index (κ1) is 12.8. The zero-order valence-corrected chi connectivity index (χ0v) is 10.6. The van der Waals surface area contributed by atoms with Crippen molar-refractivity contribution in [2.45, 2.75) is 32.6 Å². The molecule has 1 saturated carbocycles. The summed E-state index contributed by atoms with van der Waals surface area (Å²) in [4.78, 5) is 23.6. The summed E-state index contributed by atoms with van der Waals surface area (Å²) in [6.07, 6.45) is 3.18. The van der Waals surface area contributed by atoms with Crippen molar-refractivity contribution in [3.05, 3.63) is 35.4 Å². The fourth-order valence-corrected chi connectivity index (χ4v) is 2.75. The highest BCUT2D eigenvalue weighted by atomic mass is 16.4. The summed E-state index contributed by atoms with van der Waals surface area (Å²) in [6, 6.07) is 7.41. The standard InChI is InChI=1S/C15H18O3/c1-10-5-4-6-11(9-10)14(16)12-7-2-3-8-13(12)15(17)18/h4-6,9,12-13H,2-3,7-8H2,1H3,(H,17,18)/t12-,13-/m0/s1. The van der Waals surface area contributed by atoms with E-state index in [0.29, 0.717) is 18.4 Å². The number of carbonyl (C=O) groups is 2. The van der Waals surface area contributed by atoms with E-state index in [0.717, 1.165) is 18.4 Å². The van der Waals surface area contributed by atoms with Crippen molar-refractivity contribution in [3.63, 3.8) is 0 Å². The number of carboxylic acid groups (broad SMARTS) is 1. The molecule has 0 saturated heterocycles. The molecule has 0 aromatic heterocycles. The Kier molecular flexibility index (Phi) is 3.80. The smallest absolute Gasteiger partial charge is 0.307 e. The highest BCUT2D eigenvalue weighted by Crippen LogP contribution is 2.32. The van der Waals surface area contributed by atoms with Crippen LogP contribution in [-0.2, 0) is 4.79 Å². The Bertz CT molecular complexity index is 465. The van der Waals surface area contributed by atoms with E-state index in [9.17, 15) is 14.7 Å². The molecule has 3 heteroatoms. The van der Waals surface area contributed by atoms with Crippen molar-refractivity contribution in [1.29, 1.82) is 0 Å². The average Bonchev–Trinajstić information content (AvgIpc) is 2.38. The maximum absolute atomic E-state index is 12.4. The molecule has 0 amide bonds. The van der Waals surface area contributed by atoms with Gasteiger partial charge in [0.1, 0.15) is 0 Å². The highest BCUT2D eigenvalue weighted by molar-refractivity contribution is 6.00. The first-order valence-corrected chi connectivity index (χ1v) is 6.43. The lowest BCUT2D eigenvalue weighted by Gasteiger charge is -2.27. The van der Waals surface area contributed by atoms with Crippen LogP contribution in [0.25, 0.3) is 0 Å². The van der Waals surface area contributed by atoms with Gasteiger partial charge >= 0.3 is 5.97 Å². The molecule has 0 radical (unpaired) electrons. The van der Waals surface area contributed by atoms with Crippen molar-refractivity contribution < 1.29 is 14.7 Å². The second-order valence-electron chi connectivity index (χ2n) is 5.07. The van der Waals surface area contributed by atoms with Gasteiger partial charge in [0.25, 0.3) is 0 Å². The number of rotatable bonds is 3. The Morgan fingerprint density at radius 2 is 1.83 bits per heavy atom. The third-order valence-electron chi connectivity index (χ3n) is 3.72. The van der Waals surface area contributed by atoms with Gasteiger partial charge in [0.2, 0.25) is 0 Å². The molecular weight excluding hydrogens is 228 g/mol. The molecule has 0 spiro atoms. The van der Waals surface area contributed by atoms with Gasteiger partial charge in [0.15, 0.2) is 5.78 Å². The van der Waals surface area contributed by atoms with Gasteiger partial charge in [-0.1, -0.05) is 36.6 Å². The van der Waals surface area contributed by atoms with Gasteiger partial charge in [-0.05, 0) is 25.8 Å². The van der Waals surface area contributed by atoms with Crippen molar-refractivity contribution in [1.82, 2.24) is 0 Å². The van der Waals surface area contributed by atoms with Gasteiger partial charge in [-0.3, -0.25) is 9.59 Å². The summed E-state index contributed by atoms with van der Waals surface area (Å²) in [7, 11) is 0. The van der Waals surface area contributed by atoms with Crippen LogP contribution in [0.5, 0.6) is 0 Å². The number of aryl methyl sites for hydroxylation is 1. The van der Waals surface area contributed by atoms with E-state index in [4.69, 9.17) is 0 Å². The van der Waals surface area contributed by atoms with Gasteiger partial charge in [0.05, 0.1) is 5.92 Å². The van der Waals surface area contributed by atoms with Crippen molar-refractivity contribution in [3.8, 4) is 0 Å². The Labute approximate surface area is 107 Å². The number of carboxylic acids is 1. The number of carbonyl (C=O) groups excluding carboxylic acids is 1. The molecule has 0 aliphatic heterocycles. The molecule has 96 valence electrons. The molecule has 0 unspecified atom stereocenters. The lowest BCUT2D eigenvalue weighted by Crippen LogP contribution is -2.32. The molecule has 1 aliphatic rings. The fraction of sp³-hybridized carbons (Fsp3) is 0.467. The van der Waals surface area contributed by atoms with Crippen LogP contribution < -0.4 is 0 Å². The molecule has 1 fully saturated rings. The molecule has 2 rings (SSSR count). The summed E-state index contributed by atoms with van der Waals surface area (Å²) in [5.74, 6) is -1.70. The summed E-state index contributed by atoms with van der Waals surface area (Å²) in [5.41, 5.74) is 1.68. The molecule has 0 bridgehead atoms. The van der Waals surface area contributed by atoms with Crippen LogP contribution in [-0.4, -0.2) is 16.9 Å². The Morgan fingerprint density at radius 1 is 1.17 bits per heavy atom. The van der Waals surface area contributed by atoms with Crippen molar-refractivity contribution in [2.75, 3.05) is 0 Å². The van der Waals surface area contributed by atoms with Crippen LogP contribution in [0.3, 0.4) is 0 Å². The van der Waals surface area contributed by atoms with Crippen LogP contribution in [0.2, 0.25) is 0 Å². The molecule has 2 atom stereocenters. The summed E-state index contributed by atoms with van der Waals surface area (Å²) in [6.45, 7) is 1.94. The van der Waals surface area contributed by atoms with Gasteiger partial charge in [-0.25, -0.2) is 0 Å². The van der Waals surface area contributed by atoms with Gasteiger partial charge in [-0.15, -0.1) is 0 Å². The fourth-order valence-electron chi connectivity index (χ4n) is 2.75. The van der Waals surface area contributed by atoms with Crippen LogP contribution in [0, 0.1) is 18.8 Å². The van der Waals surface area contributed by atoms with E-state index in [1.807, 2.05) is 25.1 Å². The Hall–Kier alpha value is -1.64. The van der Waals surface area contributed by atoms with E-state index in [2.05, 4.69) is 0 Å². The zero-order chi connectivity index (χ0) is 13.1. The summed E-state index contributed by atoms with van der Waals surface area (Å²) in [5, 5.41) is 9.21. The Morgan fingerprint density at radius 3 is 2.44 bits per heavy atom. The third-order valence-corrected chi connectivity index (χ3v) is 3.72. The van der Waals surface area contributed by atoms with Crippen LogP contribution in [0.4, 0.5) is 0 Å². The maximum Gasteiger partial charge on any atom is 0.307 e. The topological polar surface area (TPSA) is 54.4 Å². The van der Waals surface area contributed by atoms with Gasteiger partial charge in [0, 0.05) is 11.5 Å². The quantitative estimate of drug-likeness (QED) is 0.834. The summed E-state index contributed by atoms with van der Waals surface area (Å²) < 4.78 is 0. The lowest BCUT2D eigenvalue weighted by atomic mass is 9.75. The van der Waals surface area contributed by atoms with Crippen LogP contribution in [0.15, 0.2) is 24.3 Å². The monoisotopic (exact) mass is 246 g/mol. The second kappa shape index (κ2) is 5.34. The summed E-state index contributed by atoms with van der Waals surface area (Å²) >= 11 is 0. The zero-order valence-electron chi connectivity index (χ0n) is 10.6. The minimum atomic E-state index is -0.833. The van der Waals surface area contributed by atoms with Crippen molar-refractivity contribution in [2.24, 2.45) is 11.8 Å². The largest absolute Gasteiger partial charge is 0.481 e. The minimum absolute atomic E-state index is 0.00852. The molecular formula is C15H18O3. The third kappa shape index (κ3) is 2.61. The van der Waals surface area contributed by atoms with Gasteiger partial charge in [-0.2, -0.15) is 0 Å². The number of benzene rings is 1. The predicted molar refractivity (Wildman–Crippen MR) is 68.6 cm³/mol. The predicted octanol–water partition coefficient (Wildman–Crippen LogP) is 3.07. The van der Waals surface area contributed by atoms with Crippen LogP contribution in [0.1, 0.15) is 41.6 Å². The highest BCUT2D eigenvalue weighted by Gasteiger charge is 2.35. The normalized spacial score (nSPS) is 23.6. The number of ketones is 1. The van der Waals surface area contributed by atoms with E-state index in [-0.39, 0.29) is 11.7 Å². The Balaban J connectivity index is 2.23. The first-order valence-electron chi connectivity index (χ1n) is 6.43. The molecule has 18 heavy (non-hydrogen) atoms. The van der Waals surface area contributed by atoms with Crippen molar-refractivity contribution >= 4 is 11.8 Å². The number of hydrogen-bond donors (Lipinski definition) is 1. The van der Waals surface area contributed by atoms with E-state index in [1.165, 1.54) is 0 Å². The maximum atomic E-state index is 12.4. The number of hydrogen-bond acceptors (Lipinski definition) is 2. The molecule has 0 heterocycles. The number of Topliss-reactive ketones (excluding diaryl/α,β-unsaturated/α-hetero) is 1. The minimum Gasteiger partial charge on any atom is -0.481 e. The van der Waals surface area contributed by atoms with E-state index >= 15 is 0 Å². The average molecular weight is 246 g/mol. The molecule has 1 N–H and O–H groups in total. The lowest BCUT2D eigenvalue weighted by molar-refractivity contribution is -0.144. The SMILES string of the molecule is Cc1cccc(C(=O)[C@H]2CCCC[C@@H]2C(=O)O)c1. The molecule has 3 nitrogen and oxygen atoms in total. The molecule has 1 aromatic carbocycles. The molecule has 1 aromatic rings. The van der Waals surface area contributed by atoms with Crippen LogP contribution >= 0.6 is 0 Å². The molecule has 1 aliphatic carbocycles.